The highest BCUT2D eigenvalue weighted by Crippen LogP contribution is 2.27. The Bertz CT molecular complexity index is 1170. The molecule has 9 nitrogen and oxygen atoms in total. The Hall–Kier alpha value is -2.54. The summed E-state index contributed by atoms with van der Waals surface area (Å²) in [7, 11) is -1.30. The number of hydrogen-bond donors (Lipinski definition) is 0. The topological polar surface area (TPSA) is 109 Å². The lowest BCUT2D eigenvalue weighted by Gasteiger charge is -2.21. The number of para-hydroxylation sites is 1. The molecule has 2 aromatic heterocycles. The van der Waals surface area contributed by atoms with Gasteiger partial charge in [0.1, 0.15) is 35.8 Å². The largest absolute Gasteiger partial charge is 0.377 e. The minimum Gasteiger partial charge on any atom is -0.377 e. The predicted molar refractivity (Wildman–Crippen MR) is 111 cm³/mol. The average molecular weight is 488 g/mol. The second kappa shape index (κ2) is 9.94. The fraction of sp³-hybridized carbons (Fsp3) is 0.368. The Balaban J connectivity index is 2.01. The summed E-state index contributed by atoms with van der Waals surface area (Å²) in [6.45, 7) is 1.28. The first-order chi connectivity index (χ1) is 15.2. The molecule has 0 aliphatic rings. The molecule has 0 saturated heterocycles. The van der Waals surface area contributed by atoms with Crippen molar-refractivity contribution in [1.82, 2.24) is 24.7 Å². The van der Waals surface area contributed by atoms with Crippen LogP contribution >= 0.6 is 11.6 Å². The smallest absolute Gasteiger partial charge is 0.163 e. The van der Waals surface area contributed by atoms with Crippen molar-refractivity contribution in [3.05, 3.63) is 64.7 Å². The number of rotatable bonds is 9. The van der Waals surface area contributed by atoms with Crippen molar-refractivity contribution in [3.63, 3.8) is 0 Å². The van der Waals surface area contributed by atoms with Crippen molar-refractivity contribution in [2.75, 3.05) is 14.2 Å². The fourth-order valence-corrected chi connectivity index (χ4v) is 4.62. The zero-order valence-corrected chi connectivity index (χ0v) is 18.9. The molecule has 0 bridgehead atoms. The average Bonchev–Trinajstić information content (AvgIpc) is 3.11. The van der Waals surface area contributed by atoms with Gasteiger partial charge in [0.15, 0.2) is 27.3 Å². The van der Waals surface area contributed by atoms with Crippen LogP contribution in [0.1, 0.15) is 30.5 Å². The van der Waals surface area contributed by atoms with E-state index in [2.05, 4.69) is 20.2 Å². The first-order valence-electron chi connectivity index (χ1n) is 9.28. The molecule has 0 spiro atoms. The monoisotopic (exact) mass is 487 g/mol. The van der Waals surface area contributed by atoms with Gasteiger partial charge in [-0.1, -0.05) is 17.7 Å². The van der Waals surface area contributed by atoms with Crippen LogP contribution in [0.5, 0.6) is 0 Å². The molecular formula is C19H20ClF2N5O4S. The van der Waals surface area contributed by atoms with Crippen LogP contribution in [0.15, 0.2) is 30.6 Å². The molecule has 0 unspecified atom stereocenters. The van der Waals surface area contributed by atoms with E-state index < -0.39 is 44.3 Å². The number of halogens is 3. The molecule has 2 heterocycles. The van der Waals surface area contributed by atoms with Crippen LogP contribution < -0.4 is 0 Å². The van der Waals surface area contributed by atoms with Crippen LogP contribution in [0.2, 0.25) is 5.02 Å². The summed E-state index contributed by atoms with van der Waals surface area (Å²) in [5.41, 5.74) is -0.494. The molecule has 0 fully saturated rings. The highest BCUT2D eigenvalue weighted by atomic mass is 35.5. The van der Waals surface area contributed by atoms with E-state index in [1.54, 1.807) is 0 Å². The van der Waals surface area contributed by atoms with E-state index in [9.17, 15) is 17.2 Å². The van der Waals surface area contributed by atoms with Crippen molar-refractivity contribution in [1.29, 1.82) is 0 Å². The fourth-order valence-electron chi connectivity index (χ4n) is 3.11. The van der Waals surface area contributed by atoms with E-state index in [-0.39, 0.29) is 29.1 Å². The molecule has 1 aromatic carbocycles. The molecular weight excluding hydrogens is 468 g/mol. The lowest BCUT2D eigenvalue weighted by Crippen LogP contribution is -2.30. The van der Waals surface area contributed by atoms with Crippen molar-refractivity contribution >= 4 is 21.4 Å². The summed E-state index contributed by atoms with van der Waals surface area (Å²) in [5, 5.41) is 6.87. The third kappa shape index (κ3) is 4.93. The number of aromatic nitrogens is 5. The first-order valence-corrected chi connectivity index (χ1v) is 11.4. The van der Waals surface area contributed by atoms with Gasteiger partial charge in [0.25, 0.3) is 0 Å². The van der Waals surface area contributed by atoms with E-state index >= 15 is 0 Å². The summed E-state index contributed by atoms with van der Waals surface area (Å²) >= 11 is 5.79. The summed E-state index contributed by atoms with van der Waals surface area (Å²) < 4.78 is 66.7. The molecule has 0 N–H and O–H groups in total. The Morgan fingerprint density at radius 1 is 1.09 bits per heavy atom. The van der Waals surface area contributed by atoms with Gasteiger partial charge in [-0.2, -0.15) is 0 Å². The van der Waals surface area contributed by atoms with Gasteiger partial charge in [-0.25, -0.2) is 27.2 Å². The summed E-state index contributed by atoms with van der Waals surface area (Å²) in [6, 6.07) is 3.30. The van der Waals surface area contributed by atoms with Gasteiger partial charge in [-0.3, -0.25) is 4.57 Å². The van der Waals surface area contributed by atoms with Gasteiger partial charge >= 0.3 is 0 Å². The van der Waals surface area contributed by atoms with Gasteiger partial charge in [0.2, 0.25) is 0 Å². The van der Waals surface area contributed by atoms with Crippen LogP contribution in [-0.2, 0) is 31.7 Å². The Morgan fingerprint density at radius 3 is 2.25 bits per heavy atom. The number of sulfone groups is 1. The Labute approximate surface area is 188 Å². The van der Waals surface area contributed by atoms with Crippen LogP contribution in [0.3, 0.4) is 0 Å². The lowest BCUT2D eigenvalue weighted by atomic mass is 10.2. The number of hydrogen-bond acceptors (Lipinski definition) is 8. The van der Waals surface area contributed by atoms with E-state index in [1.807, 2.05) is 0 Å². The molecule has 172 valence electrons. The van der Waals surface area contributed by atoms with Crippen LogP contribution in [-0.4, -0.2) is 52.6 Å². The quantitative estimate of drug-likeness (QED) is 0.453. The van der Waals surface area contributed by atoms with Crippen molar-refractivity contribution < 1.29 is 26.7 Å². The summed E-state index contributed by atoms with van der Waals surface area (Å²) in [5.74, 6) is -2.50. The molecule has 0 radical (unpaired) electrons. The molecule has 32 heavy (non-hydrogen) atoms. The summed E-state index contributed by atoms with van der Waals surface area (Å²) in [6.07, 6.45) is 1.63. The molecule has 13 heteroatoms. The Kier molecular flexibility index (Phi) is 7.49. The predicted octanol–water partition coefficient (Wildman–Crippen LogP) is 2.83. The third-order valence-electron chi connectivity index (χ3n) is 4.70. The lowest BCUT2D eigenvalue weighted by molar-refractivity contribution is 0.0948. The number of nitrogens with zero attached hydrogens (tertiary/aromatic N) is 5. The number of benzene rings is 1. The highest BCUT2D eigenvalue weighted by molar-refractivity contribution is 7.91. The van der Waals surface area contributed by atoms with Gasteiger partial charge in [-0.05, 0) is 19.1 Å². The maximum atomic E-state index is 14.5. The molecule has 0 aliphatic carbocycles. The minimum absolute atomic E-state index is 0.0404. The molecule has 0 saturated carbocycles. The second-order valence-corrected chi connectivity index (χ2v) is 9.59. The van der Waals surface area contributed by atoms with Crippen LogP contribution in [0, 0.1) is 11.6 Å². The van der Waals surface area contributed by atoms with Gasteiger partial charge in [-0.15, -0.1) is 10.2 Å². The van der Waals surface area contributed by atoms with Crippen molar-refractivity contribution in [3.8, 4) is 5.69 Å². The van der Waals surface area contributed by atoms with Crippen LogP contribution in [0.25, 0.3) is 5.69 Å². The van der Waals surface area contributed by atoms with Gasteiger partial charge < -0.3 is 9.47 Å². The van der Waals surface area contributed by atoms with E-state index in [1.165, 1.54) is 39.6 Å². The normalized spacial score (nSPS) is 13.8. The molecule has 2 atom stereocenters. The Morgan fingerprint density at radius 2 is 1.69 bits per heavy atom. The van der Waals surface area contributed by atoms with E-state index in [0.717, 1.165) is 16.7 Å². The number of methoxy groups -OCH3 is 2. The van der Waals surface area contributed by atoms with E-state index in [0.29, 0.717) is 0 Å². The van der Waals surface area contributed by atoms with Gasteiger partial charge in [0, 0.05) is 26.6 Å². The van der Waals surface area contributed by atoms with Gasteiger partial charge in [0.05, 0.1) is 10.3 Å². The molecule has 0 amide bonds. The maximum Gasteiger partial charge on any atom is 0.163 e. The SMILES string of the molecule is COCc1nnc(CS(=O)(=O)[C@@H](C)[C@H](OC)c2ncc(Cl)cn2)n1-c1c(F)cccc1F. The van der Waals surface area contributed by atoms with E-state index in [4.69, 9.17) is 21.1 Å². The van der Waals surface area contributed by atoms with Crippen LogP contribution in [0.4, 0.5) is 8.78 Å². The third-order valence-corrected chi connectivity index (χ3v) is 6.94. The zero-order chi connectivity index (χ0) is 23.5. The van der Waals surface area contributed by atoms with Crippen molar-refractivity contribution in [2.45, 2.75) is 30.6 Å². The van der Waals surface area contributed by atoms with Crippen molar-refractivity contribution in [2.24, 2.45) is 0 Å². The first kappa shape index (κ1) is 24.1. The highest BCUT2D eigenvalue weighted by Gasteiger charge is 2.35. The molecule has 3 aromatic rings. The minimum atomic E-state index is -3.99. The second-order valence-electron chi connectivity index (χ2n) is 6.80. The molecule has 3 rings (SSSR count). The number of ether oxygens (including phenoxy) is 2. The standard InChI is InChI=1S/C19H20ClF2N5O4S/c1-11(18(31-3)19-23-7-12(20)8-24-19)32(28,29)10-16-26-25-15(9-30-2)27(16)17-13(21)5-4-6-14(17)22/h4-8,11,18H,9-10H2,1-3H3/t11-,18-/m0/s1. The molecule has 0 aliphatic heterocycles. The zero-order valence-electron chi connectivity index (χ0n) is 17.4. The maximum absolute atomic E-state index is 14.5. The summed E-state index contributed by atoms with van der Waals surface area (Å²) in [4.78, 5) is 8.05.